The number of aromatic nitrogens is 1. The number of halogens is 1. The minimum atomic E-state index is -0.152. The number of nitrogens with zero attached hydrogens (tertiary/aromatic N) is 2. The Labute approximate surface area is 105 Å². The van der Waals surface area contributed by atoms with Crippen molar-refractivity contribution < 1.29 is 4.79 Å². The summed E-state index contributed by atoms with van der Waals surface area (Å²) in [7, 11) is 1.81. The van der Waals surface area contributed by atoms with Crippen molar-refractivity contribution in [3.63, 3.8) is 0 Å². The second kappa shape index (κ2) is 4.95. The maximum Gasteiger partial charge on any atom is 0.272 e. The first-order valence-corrected chi connectivity index (χ1v) is 6.08. The number of carbonyl (C=O) groups is 1. The van der Waals surface area contributed by atoms with Gasteiger partial charge in [0.25, 0.3) is 5.91 Å². The molecule has 0 aliphatic heterocycles. The molecule has 88 valence electrons. The molecule has 4 heteroatoms. The van der Waals surface area contributed by atoms with E-state index in [1.54, 1.807) is 11.0 Å². The van der Waals surface area contributed by atoms with Gasteiger partial charge < -0.3 is 4.90 Å². The van der Waals surface area contributed by atoms with Crippen molar-refractivity contribution >= 4 is 21.8 Å². The predicted octanol–water partition coefficient (Wildman–Crippen LogP) is 3.10. The van der Waals surface area contributed by atoms with Gasteiger partial charge in [-0.3, -0.25) is 4.79 Å². The Kier molecular flexibility index (Phi) is 4.08. The molecule has 1 rings (SSSR count). The molecular weight excluding hydrogens is 268 g/mol. The lowest BCUT2D eigenvalue weighted by Gasteiger charge is -2.34. The summed E-state index contributed by atoms with van der Waals surface area (Å²) in [6.45, 7) is 6.16. The van der Waals surface area contributed by atoms with Crippen LogP contribution in [-0.4, -0.2) is 28.4 Å². The van der Waals surface area contributed by atoms with Crippen molar-refractivity contribution in [1.82, 2.24) is 9.88 Å². The molecule has 1 aromatic heterocycles. The SMILES string of the molecule is CCC(C)(C)N(C)C(=O)c1cccc(Br)n1. The van der Waals surface area contributed by atoms with Crippen LogP contribution in [0, 0.1) is 0 Å². The first-order chi connectivity index (χ1) is 7.38. The van der Waals surface area contributed by atoms with Crippen molar-refractivity contribution in [2.45, 2.75) is 32.7 Å². The van der Waals surface area contributed by atoms with Crippen molar-refractivity contribution in [1.29, 1.82) is 0 Å². The second-order valence-corrected chi connectivity index (χ2v) is 5.19. The third-order valence-electron chi connectivity index (χ3n) is 3.01. The molecule has 1 amide bonds. The summed E-state index contributed by atoms with van der Waals surface area (Å²) >= 11 is 3.27. The van der Waals surface area contributed by atoms with Gasteiger partial charge in [0.1, 0.15) is 10.3 Å². The van der Waals surface area contributed by atoms with Crippen LogP contribution in [0.1, 0.15) is 37.7 Å². The fourth-order valence-electron chi connectivity index (χ4n) is 1.21. The smallest absolute Gasteiger partial charge is 0.272 e. The maximum atomic E-state index is 12.1. The molecule has 16 heavy (non-hydrogen) atoms. The molecule has 0 N–H and O–H groups in total. The summed E-state index contributed by atoms with van der Waals surface area (Å²) in [6.07, 6.45) is 0.906. The molecule has 0 aliphatic carbocycles. The highest BCUT2D eigenvalue weighted by Crippen LogP contribution is 2.19. The van der Waals surface area contributed by atoms with Gasteiger partial charge in [-0.15, -0.1) is 0 Å². The Morgan fingerprint density at radius 2 is 2.12 bits per heavy atom. The van der Waals surface area contributed by atoms with Gasteiger partial charge in [0.05, 0.1) is 0 Å². The van der Waals surface area contributed by atoms with Gasteiger partial charge in [-0.05, 0) is 48.3 Å². The summed E-state index contributed by atoms with van der Waals surface area (Å²) in [5.41, 5.74) is 0.319. The molecule has 0 saturated heterocycles. The first-order valence-electron chi connectivity index (χ1n) is 5.29. The largest absolute Gasteiger partial charge is 0.335 e. The fourth-order valence-corrected chi connectivity index (χ4v) is 1.55. The molecule has 0 aliphatic rings. The summed E-state index contributed by atoms with van der Waals surface area (Å²) in [6, 6.07) is 5.36. The van der Waals surface area contributed by atoms with Crippen molar-refractivity contribution in [2.24, 2.45) is 0 Å². The van der Waals surface area contributed by atoms with E-state index in [1.807, 2.05) is 33.0 Å². The van der Waals surface area contributed by atoms with Crippen LogP contribution in [0.25, 0.3) is 0 Å². The van der Waals surface area contributed by atoms with E-state index in [1.165, 1.54) is 0 Å². The van der Waals surface area contributed by atoms with Crippen molar-refractivity contribution in [2.75, 3.05) is 7.05 Å². The van der Waals surface area contributed by atoms with Crippen LogP contribution in [0.4, 0.5) is 0 Å². The van der Waals surface area contributed by atoms with E-state index in [4.69, 9.17) is 0 Å². The van der Waals surface area contributed by atoms with Crippen LogP contribution < -0.4 is 0 Å². The highest BCUT2D eigenvalue weighted by atomic mass is 79.9. The van der Waals surface area contributed by atoms with Gasteiger partial charge in [0, 0.05) is 12.6 Å². The number of pyridine rings is 1. The van der Waals surface area contributed by atoms with E-state index in [2.05, 4.69) is 27.8 Å². The van der Waals surface area contributed by atoms with Crippen LogP contribution in [0.5, 0.6) is 0 Å². The van der Waals surface area contributed by atoms with Gasteiger partial charge >= 0.3 is 0 Å². The third-order valence-corrected chi connectivity index (χ3v) is 3.45. The summed E-state index contributed by atoms with van der Waals surface area (Å²) < 4.78 is 0.682. The molecule has 0 atom stereocenters. The minimum absolute atomic E-state index is 0.0480. The van der Waals surface area contributed by atoms with Gasteiger partial charge in [0.2, 0.25) is 0 Å². The van der Waals surface area contributed by atoms with Crippen LogP contribution in [-0.2, 0) is 0 Å². The van der Waals surface area contributed by atoms with Crippen LogP contribution in [0.3, 0.4) is 0 Å². The number of rotatable bonds is 3. The zero-order valence-corrected chi connectivity index (χ0v) is 11.7. The molecule has 1 aromatic rings. The Bertz CT molecular complexity index is 390. The van der Waals surface area contributed by atoms with Crippen LogP contribution in [0.2, 0.25) is 0 Å². The zero-order chi connectivity index (χ0) is 12.3. The molecule has 3 nitrogen and oxygen atoms in total. The molecule has 0 spiro atoms. The van der Waals surface area contributed by atoms with Crippen LogP contribution in [0.15, 0.2) is 22.8 Å². The van der Waals surface area contributed by atoms with E-state index in [-0.39, 0.29) is 11.4 Å². The van der Waals surface area contributed by atoms with Crippen molar-refractivity contribution in [3.05, 3.63) is 28.5 Å². The molecule has 0 radical (unpaired) electrons. The summed E-state index contributed by atoms with van der Waals surface area (Å²) in [4.78, 5) is 18.1. The number of carbonyl (C=O) groups excluding carboxylic acids is 1. The van der Waals surface area contributed by atoms with E-state index < -0.39 is 0 Å². The van der Waals surface area contributed by atoms with E-state index in [9.17, 15) is 4.79 Å². The predicted molar refractivity (Wildman–Crippen MR) is 68.4 cm³/mol. The highest BCUT2D eigenvalue weighted by molar-refractivity contribution is 9.10. The average Bonchev–Trinajstić information content (AvgIpc) is 2.27. The topological polar surface area (TPSA) is 33.2 Å². The monoisotopic (exact) mass is 284 g/mol. The van der Waals surface area contributed by atoms with Gasteiger partial charge in [-0.2, -0.15) is 0 Å². The zero-order valence-electron chi connectivity index (χ0n) is 10.1. The van der Waals surface area contributed by atoms with E-state index >= 15 is 0 Å². The van der Waals surface area contributed by atoms with Gasteiger partial charge in [0.15, 0.2) is 0 Å². The Hall–Kier alpha value is -0.900. The minimum Gasteiger partial charge on any atom is -0.335 e. The van der Waals surface area contributed by atoms with E-state index in [0.29, 0.717) is 10.3 Å². The highest BCUT2D eigenvalue weighted by Gasteiger charge is 2.27. The lowest BCUT2D eigenvalue weighted by Crippen LogP contribution is -2.44. The molecular formula is C12H17BrN2O. The molecule has 1 heterocycles. The molecule has 0 aromatic carbocycles. The summed E-state index contributed by atoms with van der Waals surface area (Å²) in [5.74, 6) is -0.0480. The lowest BCUT2D eigenvalue weighted by molar-refractivity contribution is 0.0614. The van der Waals surface area contributed by atoms with Gasteiger partial charge in [-0.1, -0.05) is 13.0 Å². The Morgan fingerprint density at radius 3 is 2.62 bits per heavy atom. The second-order valence-electron chi connectivity index (χ2n) is 4.38. The number of amides is 1. The third kappa shape index (κ3) is 2.82. The fraction of sp³-hybridized carbons (Fsp3) is 0.500. The van der Waals surface area contributed by atoms with Crippen LogP contribution >= 0.6 is 15.9 Å². The molecule has 0 fully saturated rings. The first kappa shape index (κ1) is 13.2. The molecule has 0 saturated carbocycles. The van der Waals surface area contributed by atoms with Crippen molar-refractivity contribution in [3.8, 4) is 0 Å². The summed E-state index contributed by atoms with van der Waals surface area (Å²) in [5, 5.41) is 0. The maximum absolute atomic E-state index is 12.1. The van der Waals surface area contributed by atoms with E-state index in [0.717, 1.165) is 6.42 Å². The Morgan fingerprint density at radius 1 is 1.50 bits per heavy atom. The molecule has 0 bridgehead atoms. The van der Waals surface area contributed by atoms with Gasteiger partial charge in [-0.25, -0.2) is 4.98 Å². The Balaban J connectivity index is 2.95. The number of hydrogen-bond acceptors (Lipinski definition) is 2. The standard InChI is InChI=1S/C12H17BrN2O/c1-5-12(2,3)15(4)11(16)9-7-6-8-10(13)14-9/h6-8H,5H2,1-4H3. The average molecular weight is 285 g/mol. The quantitative estimate of drug-likeness (QED) is 0.799. The normalized spacial score (nSPS) is 11.3. The lowest BCUT2D eigenvalue weighted by atomic mass is 9.99. The molecule has 0 unspecified atom stereocenters. The number of hydrogen-bond donors (Lipinski definition) is 0.